The number of aromatic nitrogens is 4. The number of nitrogens with zero attached hydrogens (tertiary/aromatic N) is 2. The van der Waals surface area contributed by atoms with E-state index in [-0.39, 0.29) is 23.7 Å². The largest absolute Gasteiger partial charge is 0.328 e. The molecule has 0 atom stereocenters. The van der Waals surface area contributed by atoms with Crippen LogP contribution in [0.1, 0.15) is 12.5 Å². The third-order valence-corrected chi connectivity index (χ3v) is 3.16. The Morgan fingerprint density at radius 3 is 2.83 bits per heavy atom. The Hall–Kier alpha value is -3.23. The van der Waals surface area contributed by atoms with Crippen molar-refractivity contribution in [3.63, 3.8) is 0 Å². The molecule has 3 aromatic rings. The van der Waals surface area contributed by atoms with E-state index in [0.717, 1.165) is 4.57 Å². The topological polar surface area (TPSA) is 113 Å². The lowest BCUT2D eigenvalue weighted by Gasteiger charge is -2.04. The van der Waals surface area contributed by atoms with Crippen LogP contribution in [-0.4, -0.2) is 25.4 Å². The van der Waals surface area contributed by atoms with Crippen LogP contribution in [0.3, 0.4) is 0 Å². The van der Waals surface area contributed by atoms with Gasteiger partial charge in [0.15, 0.2) is 11.2 Å². The van der Waals surface area contributed by atoms with Crippen molar-refractivity contribution in [1.29, 1.82) is 0 Å². The van der Waals surface area contributed by atoms with Crippen molar-refractivity contribution >= 4 is 23.0 Å². The lowest BCUT2D eigenvalue weighted by Crippen LogP contribution is -2.22. The summed E-state index contributed by atoms with van der Waals surface area (Å²) in [6, 6.07) is 5.72. The molecule has 0 unspecified atom stereocenters. The maximum absolute atomic E-state index is 13.2. The standard InChI is InChI=1S/C14H12FN5O3/c1-7(21)16-13-17-11-10(12(22)19-13)20(14(23)18-11)6-8-3-2-4-9(15)5-8/h2-5H,6H2,1H3,(H3,16,17,18,19,21,22,23). The number of imidazole rings is 1. The van der Waals surface area contributed by atoms with E-state index in [9.17, 15) is 18.8 Å². The molecule has 23 heavy (non-hydrogen) atoms. The minimum atomic E-state index is -0.589. The fraction of sp³-hybridized carbons (Fsp3) is 0.143. The molecule has 1 aromatic carbocycles. The number of rotatable bonds is 3. The van der Waals surface area contributed by atoms with Crippen LogP contribution < -0.4 is 16.6 Å². The minimum absolute atomic E-state index is 0.0147. The van der Waals surface area contributed by atoms with Crippen LogP contribution in [0.2, 0.25) is 0 Å². The Labute approximate surface area is 128 Å². The number of amides is 1. The van der Waals surface area contributed by atoms with Crippen LogP contribution in [0, 0.1) is 5.82 Å². The van der Waals surface area contributed by atoms with Gasteiger partial charge in [-0.05, 0) is 17.7 Å². The highest BCUT2D eigenvalue weighted by molar-refractivity contribution is 5.87. The van der Waals surface area contributed by atoms with Gasteiger partial charge in [0.2, 0.25) is 11.9 Å². The lowest BCUT2D eigenvalue weighted by atomic mass is 10.2. The van der Waals surface area contributed by atoms with Gasteiger partial charge in [-0.15, -0.1) is 0 Å². The van der Waals surface area contributed by atoms with Gasteiger partial charge in [0.25, 0.3) is 5.56 Å². The third-order valence-electron chi connectivity index (χ3n) is 3.16. The first kappa shape index (κ1) is 14.7. The molecule has 0 bridgehead atoms. The number of benzene rings is 1. The van der Waals surface area contributed by atoms with Crippen LogP contribution in [0.5, 0.6) is 0 Å². The summed E-state index contributed by atoms with van der Waals surface area (Å²) in [4.78, 5) is 44.0. The Kier molecular flexibility index (Phi) is 3.53. The fourth-order valence-corrected chi connectivity index (χ4v) is 2.27. The molecule has 0 saturated heterocycles. The second kappa shape index (κ2) is 5.52. The molecular formula is C14H12FN5O3. The Balaban J connectivity index is 2.11. The Morgan fingerprint density at radius 1 is 1.35 bits per heavy atom. The number of hydrogen-bond donors (Lipinski definition) is 3. The van der Waals surface area contributed by atoms with Gasteiger partial charge >= 0.3 is 5.69 Å². The number of nitrogens with one attached hydrogen (secondary N) is 3. The van der Waals surface area contributed by atoms with Crippen molar-refractivity contribution in [2.75, 3.05) is 5.32 Å². The molecule has 0 aliphatic rings. The SMILES string of the molecule is CC(=O)Nc1nc2[nH]c(=O)n(Cc3cccc(F)c3)c2c(=O)[nH]1. The Morgan fingerprint density at radius 2 is 2.13 bits per heavy atom. The lowest BCUT2D eigenvalue weighted by molar-refractivity contribution is -0.114. The molecule has 0 aliphatic carbocycles. The highest BCUT2D eigenvalue weighted by atomic mass is 19.1. The molecule has 0 aliphatic heterocycles. The summed E-state index contributed by atoms with van der Waals surface area (Å²) >= 11 is 0. The molecule has 0 fully saturated rings. The van der Waals surface area contributed by atoms with Crippen molar-refractivity contribution in [1.82, 2.24) is 19.5 Å². The first-order valence-electron chi connectivity index (χ1n) is 6.69. The number of fused-ring (bicyclic) bond motifs is 1. The van der Waals surface area contributed by atoms with Crippen molar-refractivity contribution in [2.24, 2.45) is 0 Å². The third kappa shape index (κ3) is 2.89. The Bertz CT molecular complexity index is 1020. The summed E-state index contributed by atoms with van der Waals surface area (Å²) in [5, 5.41) is 2.34. The molecule has 1 amide bonds. The van der Waals surface area contributed by atoms with Gasteiger partial charge in [0.1, 0.15) is 5.82 Å². The van der Waals surface area contributed by atoms with Crippen LogP contribution in [-0.2, 0) is 11.3 Å². The number of carbonyl (C=O) groups excluding carboxylic acids is 1. The monoisotopic (exact) mass is 317 g/mol. The first-order valence-corrected chi connectivity index (χ1v) is 6.69. The molecule has 2 heterocycles. The highest BCUT2D eigenvalue weighted by Crippen LogP contribution is 2.09. The maximum Gasteiger partial charge on any atom is 0.328 e. The predicted molar refractivity (Wildman–Crippen MR) is 80.8 cm³/mol. The fourth-order valence-electron chi connectivity index (χ4n) is 2.27. The normalized spacial score (nSPS) is 10.9. The van der Waals surface area contributed by atoms with Crippen LogP contribution in [0.15, 0.2) is 33.9 Å². The predicted octanol–water partition coefficient (Wildman–Crippen LogP) is 0.559. The number of H-pyrrole nitrogens is 2. The van der Waals surface area contributed by atoms with Crippen LogP contribution in [0.4, 0.5) is 10.3 Å². The van der Waals surface area contributed by atoms with Crippen LogP contribution in [0.25, 0.3) is 11.2 Å². The van der Waals surface area contributed by atoms with Crippen molar-refractivity contribution in [3.8, 4) is 0 Å². The average Bonchev–Trinajstić information content (AvgIpc) is 2.74. The zero-order chi connectivity index (χ0) is 16.6. The molecule has 2 aromatic heterocycles. The summed E-state index contributed by atoms with van der Waals surface area (Å²) in [5.74, 6) is -0.904. The first-order chi connectivity index (χ1) is 10.9. The van der Waals surface area contributed by atoms with E-state index in [1.165, 1.54) is 25.1 Å². The molecule has 3 rings (SSSR count). The summed E-state index contributed by atoms with van der Waals surface area (Å²) in [6.07, 6.45) is 0. The number of anilines is 1. The van der Waals surface area contributed by atoms with Gasteiger partial charge in [-0.2, -0.15) is 4.98 Å². The molecule has 118 valence electrons. The summed E-state index contributed by atoms with van der Waals surface area (Å²) in [6.45, 7) is 1.28. The van der Waals surface area contributed by atoms with Gasteiger partial charge in [0, 0.05) is 6.92 Å². The average molecular weight is 317 g/mol. The second-order valence-corrected chi connectivity index (χ2v) is 4.94. The molecule has 3 N–H and O–H groups in total. The van der Waals surface area contributed by atoms with Crippen LogP contribution >= 0.6 is 0 Å². The van der Waals surface area contributed by atoms with E-state index in [2.05, 4.69) is 20.3 Å². The van der Waals surface area contributed by atoms with Gasteiger partial charge in [-0.1, -0.05) is 12.1 Å². The molecule has 8 nitrogen and oxygen atoms in total. The zero-order valence-corrected chi connectivity index (χ0v) is 12.0. The van der Waals surface area contributed by atoms with Crippen molar-refractivity contribution < 1.29 is 9.18 Å². The van der Waals surface area contributed by atoms with Gasteiger partial charge in [0.05, 0.1) is 6.54 Å². The smallest absolute Gasteiger partial charge is 0.296 e. The maximum atomic E-state index is 13.2. The van der Waals surface area contributed by atoms with E-state index in [1.807, 2.05) is 0 Å². The van der Waals surface area contributed by atoms with E-state index < -0.39 is 23.0 Å². The number of hydrogen-bond acceptors (Lipinski definition) is 4. The molecule has 0 radical (unpaired) electrons. The molecule has 0 saturated carbocycles. The van der Waals surface area contributed by atoms with Gasteiger partial charge in [-0.3, -0.25) is 29.4 Å². The highest BCUT2D eigenvalue weighted by Gasteiger charge is 2.14. The quantitative estimate of drug-likeness (QED) is 0.655. The number of aromatic amines is 2. The van der Waals surface area contributed by atoms with E-state index in [1.54, 1.807) is 6.07 Å². The van der Waals surface area contributed by atoms with E-state index in [0.29, 0.717) is 5.56 Å². The van der Waals surface area contributed by atoms with E-state index in [4.69, 9.17) is 0 Å². The zero-order valence-electron chi connectivity index (χ0n) is 12.0. The molecular weight excluding hydrogens is 305 g/mol. The van der Waals surface area contributed by atoms with Gasteiger partial charge in [-0.25, -0.2) is 9.18 Å². The number of halogens is 1. The summed E-state index contributed by atoms with van der Waals surface area (Å²) in [5.41, 5.74) is -0.554. The minimum Gasteiger partial charge on any atom is -0.296 e. The molecule has 0 spiro atoms. The van der Waals surface area contributed by atoms with Crippen molar-refractivity contribution in [3.05, 3.63) is 56.5 Å². The van der Waals surface area contributed by atoms with E-state index >= 15 is 0 Å². The molecule has 9 heteroatoms. The van der Waals surface area contributed by atoms with Crippen molar-refractivity contribution in [2.45, 2.75) is 13.5 Å². The summed E-state index contributed by atoms with van der Waals surface area (Å²) < 4.78 is 14.4. The second-order valence-electron chi connectivity index (χ2n) is 4.94. The summed E-state index contributed by atoms with van der Waals surface area (Å²) in [7, 11) is 0. The van der Waals surface area contributed by atoms with Gasteiger partial charge < -0.3 is 0 Å². The number of carbonyl (C=O) groups is 1.